The maximum absolute atomic E-state index is 10.7. The molecule has 17 heavy (non-hydrogen) atoms. The standard InChI is InChI=1S/C11H16N2O2S2/c14-11(15)9-7-17-10(13-9)3-4-12-8-2-1-5-16-6-8/h7-8,12H,1-6H2,(H,14,15)/t8-/m0/s1. The molecule has 1 aromatic rings. The summed E-state index contributed by atoms with van der Waals surface area (Å²) >= 11 is 3.43. The highest BCUT2D eigenvalue weighted by Crippen LogP contribution is 2.17. The van der Waals surface area contributed by atoms with Crippen molar-refractivity contribution in [3.05, 3.63) is 16.1 Å². The molecule has 0 saturated carbocycles. The summed E-state index contributed by atoms with van der Waals surface area (Å²) in [6.45, 7) is 0.887. The van der Waals surface area contributed by atoms with Crippen molar-refractivity contribution in [1.29, 1.82) is 0 Å². The SMILES string of the molecule is O=C(O)c1csc(CCN[C@H]2CCCSC2)n1. The van der Waals surface area contributed by atoms with Gasteiger partial charge in [0.05, 0.1) is 5.01 Å². The van der Waals surface area contributed by atoms with Crippen LogP contribution in [0, 0.1) is 0 Å². The highest BCUT2D eigenvalue weighted by atomic mass is 32.2. The topological polar surface area (TPSA) is 62.2 Å². The van der Waals surface area contributed by atoms with Gasteiger partial charge in [0, 0.05) is 30.1 Å². The number of thiazole rings is 1. The van der Waals surface area contributed by atoms with Gasteiger partial charge in [0.2, 0.25) is 0 Å². The van der Waals surface area contributed by atoms with Crippen molar-refractivity contribution in [2.75, 3.05) is 18.1 Å². The molecular weight excluding hydrogens is 256 g/mol. The van der Waals surface area contributed by atoms with Gasteiger partial charge in [-0.25, -0.2) is 9.78 Å². The van der Waals surface area contributed by atoms with Gasteiger partial charge in [0.25, 0.3) is 0 Å². The van der Waals surface area contributed by atoms with Crippen molar-refractivity contribution in [3.8, 4) is 0 Å². The molecule has 1 aromatic heterocycles. The molecule has 4 nitrogen and oxygen atoms in total. The van der Waals surface area contributed by atoms with Crippen LogP contribution in [0.2, 0.25) is 0 Å². The fourth-order valence-corrected chi connectivity index (χ4v) is 3.69. The molecule has 1 fully saturated rings. The van der Waals surface area contributed by atoms with E-state index in [1.54, 1.807) is 5.38 Å². The van der Waals surface area contributed by atoms with Crippen LogP contribution in [-0.2, 0) is 6.42 Å². The maximum Gasteiger partial charge on any atom is 0.355 e. The minimum absolute atomic E-state index is 0.165. The Bertz CT molecular complexity index is 375. The molecule has 1 aliphatic heterocycles. The predicted molar refractivity (Wildman–Crippen MR) is 71.1 cm³/mol. The smallest absolute Gasteiger partial charge is 0.355 e. The van der Waals surface area contributed by atoms with Gasteiger partial charge in [-0.1, -0.05) is 0 Å². The number of nitrogens with zero attached hydrogens (tertiary/aromatic N) is 1. The Kier molecular flexibility index (Phi) is 4.82. The number of thioether (sulfide) groups is 1. The van der Waals surface area contributed by atoms with Crippen LogP contribution >= 0.6 is 23.1 Å². The first kappa shape index (κ1) is 12.9. The van der Waals surface area contributed by atoms with Crippen LogP contribution in [0.3, 0.4) is 0 Å². The van der Waals surface area contributed by atoms with Gasteiger partial charge < -0.3 is 10.4 Å². The van der Waals surface area contributed by atoms with Crippen molar-refractivity contribution < 1.29 is 9.90 Å². The summed E-state index contributed by atoms with van der Waals surface area (Å²) in [5.74, 6) is 1.54. The molecule has 0 aromatic carbocycles. The van der Waals surface area contributed by atoms with E-state index in [0.717, 1.165) is 18.0 Å². The van der Waals surface area contributed by atoms with Gasteiger partial charge in [-0.05, 0) is 18.6 Å². The highest BCUT2D eigenvalue weighted by Gasteiger charge is 2.13. The average Bonchev–Trinajstić information content (AvgIpc) is 2.79. The number of rotatable bonds is 5. The lowest BCUT2D eigenvalue weighted by Gasteiger charge is -2.22. The summed E-state index contributed by atoms with van der Waals surface area (Å²) in [5, 5.41) is 14.8. The van der Waals surface area contributed by atoms with E-state index in [2.05, 4.69) is 10.3 Å². The number of carboxylic acid groups (broad SMARTS) is 1. The number of nitrogens with one attached hydrogen (secondary N) is 1. The first-order valence-electron chi connectivity index (χ1n) is 5.74. The lowest BCUT2D eigenvalue weighted by atomic mass is 10.2. The fourth-order valence-electron chi connectivity index (χ4n) is 1.81. The molecule has 0 aliphatic carbocycles. The highest BCUT2D eigenvalue weighted by molar-refractivity contribution is 7.99. The summed E-state index contributed by atoms with van der Waals surface area (Å²) < 4.78 is 0. The quantitative estimate of drug-likeness (QED) is 0.857. The van der Waals surface area contributed by atoms with Gasteiger partial charge in [-0.3, -0.25) is 0 Å². The first-order valence-corrected chi connectivity index (χ1v) is 7.78. The van der Waals surface area contributed by atoms with Gasteiger partial charge in [-0.15, -0.1) is 11.3 Å². The summed E-state index contributed by atoms with van der Waals surface area (Å²) in [6, 6.07) is 0.618. The van der Waals surface area contributed by atoms with E-state index in [1.165, 1.54) is 35.7 Å². The van der Waals surface area contributed by atoms with Crippen LogP contribution in [0.5, 0.6) is 0 Å². The van der Waals surface area contributed by atoms with Crippen LogP contribution in [0.4, 0.5) is 0 Å². The van der Waals surface area contributed by atoms with E-state index in [9.17, 15) is 4.79 Å². The average molecular weight is 272 g/mol. The van der Waals surface area contributed by atoms with E-state index in [0.29, 0.717) is 6.04 Å². The number of hydrogen-bond acceptors (Lipinski definition) is 5. The molecule has 0 unspecified atom stereocenters. The van der Waals surface area contributed by atoms with E-state index >= 15 is 0 Å². The summed E-state index contributed by atoms with van der Waals surface area (Å²) in [6.07, 6.45) is 3.37. The van der Waals surface area contributed by atoms with E-state index in [1.807, 2.05) is 11.8 Å². The van der Waals surface area contributed by atoms with E-state index in [4.69, 9.17) is 5.11 Å². The summed E-state index contributed by atoms with van der Waals surface area (Å²) in [7, 11) is 0. The van der Waals surface area contributed by atoms with Crippen LogP contribution in [0.25, 0.3) is 0 Å². The normalized spacial score (nSPS) is 20.4. The lowest BCUT2D eigenvalue weighted by Crippen LogP contribution is -2.35. The Hall–Kier alpha value is -0.590. The maximum atomic E-state index is 10.7. The molecule has 2 N–H and O–H groups in total. The molecule has 2 heterocycles. The minimum Gasteiger partial charge on any atom is -0.476 e. The number of carbonyl (C=O) groups is 1. The van der Waals surface area contributed by atoms with Gasteiger partial charge in [0.15, 0.2) is 5.69 Å². The number of carboxylic acids is 1. The molecule has 6 heteroatoms. The van der Waals surface area contributed by atoms with Crippen LogP contribution < -0.4 is 5.32 Å². The first-order chi connectivity index (χ1) is 8.25. The van der Waals surface area contributed by atoms with Crippen molar-refractivity contribution in [2.45, 2.75) is 25.3 Å². The molecule has 0 radical (unpaired) electrons. The molecule has 1 atom stereocenters. The zero-order chi connectivity index (χ0) is 12.1. The van der Waals surface area contributed by atoms with Gasteiger partial charge in [0.1, 0.15) is 0 Å². The Morgan fingerprint density at radius 2 is 2.53 bits per heavy atom. The fraction of sp³-hybridized carbons (Fsp3) is 0.636. The Morgan fingerprint density at radius 3 is 3.18 bits per heavy atom. The zero-order valence-corrected chi connectivity index (χ0v) is 11.1. The lowest BCUT2D eigenvalue weighted by molar-refractivity contribution is 0.0691. The van der Waals surface area contributed by atoms with Crippen LogP contribution in [0.15, 0.2) is 5.38 Å². The zero-order valence-electron chi connectivity index (χ0n) is 9.52. The third-order valence-corrected chi connectivity index (χ3v) is 4.83. The minimum atomic E-state index is -0.941. The summed E-state index contributed by atoms with van der Waals surface area (Å²) in [5.41, 5.74) is 0.165. The second kappa shape index (κ2) is 6.37. The second-order valence-corrected chi connectivity index (χ2v) is 6.14. The predicted octanol–water partition coefficient (Wildman–Crippen LogP) is 1.87. The van der Waals surface area contributed by atoms with Crippen molar-refractivity contribution >= 4 is 29.1 Å². The van der Waals surface area contributed by atoms with Gasteiger partial charge >= 0.3 is 5.97 Å². The molecule has 0 spiro atoms. The number of hydrogen-bond donors (Lipinski definition) is 2. The third kappa shape index (κ3) is 3.97. The van der Waals surface area contributed by atoms with Gasteiger partial charge in [-0.2, -0.15) is 11.8 Å². The molecular formula is C11H16N2O2S2. The summed E-state index contributed by atoms with van der Waals surface area (Å²) in [4.78, 5) is 14.7. The third-order valence-electron chi connectivity index (χ3n) is 2.70. The second-order valence-electron chi connectivity index (χ2n) is 4.05. The monoisotopic (exact) mass is 272 g/mol. The number of aromatic carboxylic acids is 1. The van der Waals surface area contributed by atoms with Crippen LogP contribution in [0.1, 0.15) is 28.3 Å². The van der Waals surface area contributed by atoms with Crippen molar-refractivity contribution in [2.24, 2.45) is 0 Å². The van der Waals surface area contributed by atoms with E-state index < -0.39 is 5.97 Å². The Morgan fingerprint density at radius 1 is 1.65 bits per heavy atom. The van der Waals surface area contributed by atoms with E-state index in [-0.39, 0.29) is 5.69 Å². The molecule has 0 bridgehead atoms. The Balaban J connectivity index is 1.71. The Labute approximate surface area is 109 Å². The van der Waals surface area contributed by atoms with Crippen molar-refractivity contribution in [3.63, 3.8) is 0 Å². The molecule has 94 valence electrons. The number of aromatic nitrogens is 1. The largest absolute Gasteiger partial charge is 0.476 e. The van der Waals surface area contributed by atoms with Crippen molar-refractivity contribution in [1.82, 2.24) is 10.3 Å². The van der Waals surface area contributed by atoms with Crippen LogP contribution in [-0.4, -0.2) is 40.2 Å². The molecule has 1 aliphatic rings. The molecule has 2 rings (SSSR count). The molecule has 1 saturated heterocycles. The molecule has 0 amide bonds.